The van der Waals surface area contributed by atoms with E-state index in [9.17, 15) is 0 Å². The van der Waals surface area contributed by atoms with Crippen molar-refractivity contribution in [3.05, 3.63) is 30.2 Å². The van der Waals surface area contributed by atoms with Crippen LogP contribution >= 0.6 is 0 Å². The number of piperazine rings is 1. The summed E-state index contributed by atoms with van der Waals surface area (Å²) < 4.78 is 0. The van der Waals surface area contributed by atoms with E-state index in [-0.39, 0.29) is 0 Å². The fraction of sp³-hybridized carbons (Fsp3) is 0.467. The number of aryl methyl sites for hydroxylation is 1. The normalized spacial score (nSPS) is 15.0. The highest BCUT2D eigenvalue weighted by molar-refractivity contribution is 5.45. The molecule has 7 heteroatoms. The molecule has 0 saturated carbocycles. The molecule has 0 N–H and O–H groups in total. The van der Waals surface area contributed by atoms with Crippen LogP contribution in [0.4, 0.5) is 17.7 Å². The maximum Gasteiger partial charge on any atom is 0.226 e. The second kappa shape index (κ2) is 6.13. The first-order chi connectivity index (χ1) is 10.6. The number of anilines is 3. The number of nitrogens with zero attached hydrogens (tertiary/aromatic N) is 7. The van der Waals surface area contributed by atoms with Crippen molar-refractivity contribution in [1.82, 2.24) is 19.9 Å². The predicted octanol–water partition coefficient (Wildman–Crippen LogP) is 0.968. The lowest BCUT2D eigenvalue weighted by Gasteiger charge is -2.35. The highest BCUT2D eigenvalue weighted by Gasteiger charge is 2.20. The molecule has 0 aliphatic carbocycles. The third kappa shape index (κ3) is 3.08. The molecule has 1 fully saturated rings. The van der Waals surface area contributed by atoms with Gasteiger partial charge >= 0.3 is 0 Å². The second-order valence-electron chi connectivity index (χ2n) is 5.64. The zero-order valence-electron chi connectivity index (χ0n) is 13.3. The summed E-state index contributed by atoms with van der Waals surface area (Å²) in [6.07, 6.45) is 5.54. The van der Waals surface area contributed by atoms with Crippen molar-refractivity contribution in [3.63, 3.8) is 0 Å². The van der Waals surface area contributed by atoms with Crippen molar-refractivity contribution in [1.29, 1.82) is 0 Å². The summed E-state index contributed by atoms with van der Waals surface area (Å²) in [7, 11) is 3.90. The number of rotatable bonds is 3. The highest BCUT2D eigenvalue weighted by Crippen LogP contribution is 2.17. The van der Waals surface area contributed by atoms with E-state index in [1.54, 1.807) is 0 Å². The first-order valence-corrected chi connectivity index (χ1v) is 7.42. The second-order valence-corrected chi connectivity index (χ2v) is 5.64. The Bertz CT molecular complexity index is 618. The van der Waals surface area contributed by atoms with E-state index in [0.717, 1.165) is 49.5 Å². The van der Waals surface area contributed by atoms with Gasteiger partial charge in [0.15, 0.2) is 0 Å². The minimum Gasteiger partial charge on any atom is -0.353 e. The molecule has 2 aromatic rings. The molecule has 0 amide bonds. The van der Waals surface area contributed by atoms with Gasteiger partial charge in [0.1, 0.15) is 5.82 Å². The molecule has 0 spiro atoms. The third-order valence-electron chi connectivity index (χ3n) is 3.68. The Morgan fingerprint density at radius 1 is 0.955 bits per heavy atom. The highest BCUT2D eigenvalue weighted by atomic mass is 15.3. The molecule has 7 nitrogen and oxygen atoms in total. The molecular formula is C15H21N7. The lowest BCUT2D eigenvalue weighted by atomic mass is 10.3. The van der Waals surface area contributed by atoms with Crippen molar-refractivity contribution in [2.24, 2.45) is 0 Å². The van der Waals surface area contributed by atoms with Gasteiger partial charge in [0.05, 0.1) is 0 Å². The Morgan fingerprint density at radius 3 is 2.23 bits per heavy atom. The zero-order chi connectivity index (χ0) is 15.5. The Morgan fingerprint density at radius 2 is 1.59 bits per heavy atom. The van der Waals surface area contributed by atoms with Crippen molar-refractivity contribution >= 4 is 17.7 Å². The van der Waals surface area contributed by atoms with Gasteiger partial charge < -0.3 is 14.7 Å². The first kappa shape index (κ1) is 14.5. The zero-order valence-corrected chi connectivity index (χ0v) is 13.3. The summed E-state index contributed by atoms with van der Waals surface area (Å²) in [5.74, 6) is 2.52. The van der Waals surface area contributed by atoms with Gasteiger partial charge in [-0.3, -0.25) is 0 Å². The summed E-state index contributed by atoms with van der Waals surface area (Å²) in [5, 5.41) is 0. The minimum absolute atomic E-state index is 0.738. The lowest BCUT2D eigenvalue weighted by Crippen LogP contribution is -2.47. The molecule has 2 aromatic heterocycles. The van der Waals surface area contributed by atoms with E-state index < -0.39 is 0 Å². The Labute approximate surface area is 130 Å². The van der Waals surface area contributed by atoms with Crippen LogP contribution in [0.5, 0.6) is 0 Å². The smallest absolute Gasteiger partial charge is 0.226 e. The topological polar surface area (TPSA) is 61.3 Å². The van der Waals surface area contributed by atoms with E-state index in [1.165, 1.54) is 0 Å². The molecular weight excluding hydrogens is 278 g/mol. The monoisotopic (exact) mass is 299 g/mol. The molecule has 0 radical (unpaired) electrons. The van der Waals surface area contributed by atoms with E-state index >= 15 is 0 Å². The fourth-order valence-corrected chi connectivity index (χ4v) is 2.42. The molecule has 116 valence electrons. The molecule has 0 bridgehead atoms. The van der Waals surface area contributed by atoms with E-state index in [0.29, 0.717) is 0 Å². The predicted molar refractivity (Wildman–Crippen MR) is 87.6 cm³/mol. The number of hydrogen-bond donors (Lipinski definition) is 0. The van der Waals surface area contributed by atoms with Crippen LogP contribution in [0.15, 0.2) is 24.7 Å². The molecule has 1 saturated heterocycles. The van der Waals surface area contributed by atoms with Crippen LogP contribution in [0.25, 0.3) is 0 Å². The molecule has 0 atom stereocenters. The van der Waals surface area contributed by atoms with Crippen molar-refractivity contribution in [2.45, 2.75) is 6.92 Å². The Balaban J connectivity index is 1.66. The molecule has 1 aliphatic heterocycles. The standard InChI is InChI=1S/C15H21N7/c1-12-10-17-14(18-11-12)22-8-6-21(7-9-22)13-4-5-16-15(19-13)20(2)3/h4-5,10-11H,6-9H2,1-3H3. The maximum absolute atomic E-state index is 4.60. The van der Waals surface area contributed by atoms with Crippen LogP contribution in [-0.2, 0) is 0 Å². The molecule has 3 rings (SSSR count). The van der Waals surface area contributed by atoms with Gasteiger partial charge in [0, 0.05) is 58.9 Å². The van der Waals surface area contributed by atoms with Gasteiger partial charge in [-0.25, -0.2) is 15.0 Å². The van der Waals surface area contributed by atoms with Crippen LogP contribution in [0.2, 0.25) is 0 Å². The van der Waals surface area contributed by atoms with Gasteiger partial charge in [-0.1, -0.05) is 0 Å². The summed E-state index contributed by atoms with van der Waals surface area (Å²) in [4.78, 5) is 24.1. The SMILES string of the molecule is Cc1cnc(N2CCN(c3ccnc(N(C)C)n3)CC2)nc1. The number of hydrogen-bond acceptors (Lipinski definition) is 7. The summed E-state index contributed by atoms with van der Waals surface area (Å²) >= 11 is 0. The largest absolute Gasteiger partial charge is 0.353 e. The van der Waals surface area contributed by atoms with Crippen LogP contribution in [0.3, 0.4) is 0 Å². The lowest BCUT2D eigenvalue weighted by molar-refractivity contribution is 0.633. The van der Waals surface area contributed by atoms with Gasteiger partial charge in [0.25, 0.3) is 0 Å². The Kier molecular flexibility index (Phi) is 4.04. The van der Waals surface area contributed by atoms with Crippen LogP contribution in [0, 0.1) is 6.92 Å². The molecule has 0 unspecified atom stereocenters. The first-order valence-electron chi connectivity index (χ1n) is 7.42. The van der Waals surface area contributed by atoms with E-state index in [4.69, 9.17) is 0 Å². The maximum atomic E-state index is 4.60. The van der Waals surface area contributed by atoms with Crippen LogP contribution in [-0.4, -0.2) is 60.2 Å². The van der Waals surface area contributed by atoms with E-state index in [2.05, 4.69) is 29.7 Å². The van der Waals surface area contributed by atoms with Crippen LogP contribution in [0.1, 0.15) is 5.56 Å². The average molecular weight is 299 g/mol. The molecule has 1 aliphatic rings. The van der Waals surface area contributed by atoms with Crippen LogP contribution < -0.4 is 14.7 Å². The third-order valence-corrected chi connectivity index (χ3v) is 3.68. The minimum atomic E-state index is 0.738. The molecule has 0 aromatic carbocycles. The van der Waals surface area contributed by atoms with Crippen molar-refractivity contribution in [3.8, 4) is 0 Å². The summed E-state index contributed by atoms with van der Waals surface area (Å²) in [5.41, 5.74) is 1.08. The summed E-state index contributed by atoms with van der Waals surface area (Å²) in [6.45, 7) is 5.59. The quantitative estimate of drug-likeness (QED) is 0.836. The van der Waals surface area contributed by atoms with Gasteiger partial charge in [-0.05, 0) is 18.6 Å². The van der Waals surface area contributed by atoms with Gasteiger partial charge in [-0.2, -0.15) is 4.98 Å². The molecule has 22 heavy (non-hydrogen) atoms. The Hall–Kier alpha value is -2.44. The van der Waals surface area contributed by atoms with Gasteiger partial charge in [-0.15, -0.1) is 0 Å². The average Bonchev–Trinajstić information content (AvgIpc) is 2.56. The van der Waals surface area contributed by atoms with Crippen molar-refractivity contribution < 1.29 is 0 Å². The van der Waals surface area contributed by atoms with Gasteiger partial charge in [0.2, 0.25) is 11.9 Å². The molecule has 3 heterocycles. The summed E-state index contributed by atoms with van der Waals surface area (Å²) in [6, 6.07) is 1.96. The fourth-order valence-electron chi connectivity index (χ4n) is 2.42. The van der Waals surface area contributed by atoms with Crippen molar-refractivity contribution in [2.75, 3.05) is 55.0 Å². The number of aromatic nitrogens is 4. The van der Waals surface area contributed by atoms with E-state index in [1.807, 2.05) is 50.6 Å².